The van der Waals surface area contributed by atoms with Crippen LogP contribution in [0.4, 0.5) is 5.69 Å². The van der Waals surface area contributed by atoms with Crippen molar-refractivity contribution < 1.29 is 9.59 Å². The van der Waals surface area contributed by atoms with Crippen LogP contribution < -0.4 is 10.6 Å². The fraction of sp³-hybridized carbons (Fsp3) is 0.500. The third-order valence-corrected chi connectivity index (χ3v) is 5.76. The Morgan fingerprint density at radius 3 is 2.57 bits per heavy atom. The molecule has 1 aliphatic carbocycles. The smallest absolute Gasteiger partial charge is 0.232 e. The van der Waals surface area contributed by atoms with Gasteiger partial charge in [-0.1, -0.05) is 49.2 Å². The van der Waals surface area contributed by atoms with E-state index < -0.39 is 0 Å². The predicted molar refractivity (Wildman–Crippen MR) is 110 cm³/mol. The van der Waals surface area contributed by atoms with E-state index in [9.17, 15) is 9.59 Å². The molecule has 8 heteroatoms. The Bertz CT molecular complexity index is 787. The van der Waals surface area contributed by atoms with E-state index in [1.54, 1.807) is 0 Å². The van der Waals surface area contributed by atoms with Crippen molar-refractivity contribution in [3.8, 4) is 0 Å². The van der Waals surface area contributed by atoms with E-state index >= 15 is 0 Å². The molecule has 1 aromatic carbocycles. The van der Waals surface area contributed by atoms with E-state index in [2.05, 4.69) is 20.8 Å². The summed E-state index contributed by atoms with van der Waals surface area (Å²) >= 11 is 1.37. The van der Waals surface area contributed by atoms with Crippen molar-refractivity contribution in [2.24, 2.45) is 0 Å². The SMILES string of the molecule is CCn1c(CC(=O)Nc2ccccc2)nnc1SCC(=O)NC1CCCCC1. The Hall–Kier alpha value is -2.35. The molecule has 2 amide bonds. The van der Waals surface area contributed by atoms with Gasteiger partial charge in [0.05, 0.1) is 12.2 Å². The first-order valence-electron chi connectivity index (χ1n) is 9.85. The van der Waals surface area contributed by atoms with Crippen LogP contribution in [0.2, 0.25) is 0 Å². The van der Waals surface area contributed by atoms with Crippen molar-refractivity contribution in [1.82, 2.24) is 20.1 Å². The van der Waals surface area contributed by atoms with Gasteiger partial charge < -0.3 is 15.2 Å². The molecule has 2 N–H and O–H groups in total. The van der Waals surface area contributed by atoms with Crippen molar-refractivity contribution in [3.05, 3.63) is 36.2 Å². The van der Waals surface area contributed by atoms with Gasteiger partial charge in [0.2, 0.25) is 11.8 Å². The molecule has 0 saturated heterocycles. The van der Waals surface area contributed by atoms with Crippen LogP contribution in [0, 0.1) is 0 Å². The highest BCUT2D eigenvalue weighted by Gasteiger charge is 2.18. The summed E-state index contributed by atoms with van der Waals surface area (Å²) in [5.41, 5.74) is 0.754. The Morgan fingerprint density at radius 2 is 1.86 bits per heavy atom. The number of benzene rings is 1. The lowest BCUT2D eigenvalue weighted by Gasteiger charge is -2.22. The first kappa shape index (κ1) is 20.4. The minimum absolute atomic E-state index is 0.0333. The minimum atomic E-state index is -0.139. The quantitative estimate of drug-likeness (QED) is 0.664. The fourth-order valence-electron chi connectivity index (χ4n) is 3.39. The van der Waals surface area contributed by atoms with Gasteiger partial charge >= 0.3 is 0 Å². The number of nitrogens with zero attached hydrogens (tertiary/aromatic N) is 3. The summed E-state index contributed by atoms with van der Waals surface area (Å²) in [6.45, 7) is 2.63. The zero-order chi connectivity index (χ0) is 19.8. The normalized spacial score (nSPS) is 14.6. The van der Waals surface area contributed by atoms with Crippen LogP contribution in [0.3, 0.4) is 0 Å². The molecule has 0 radical (unpaired) electrons. The Balaban J connectivity index is 1.52. The zero-order valence-electron chi connectivity index (χ0n) is 16.2. The van der Waals surface area contributed by atoms with E-state index in [1.807, 2.05) is 41.8 Å². The minimum Gasteiger partial charge on any atom is -0.353 e. The van der Waals surface area contributed by atoms with Crippen molar-refractivity contribution >= 4 is 29.3 Å². The van der Waals surface area contributed by atoms with Crippen LogP contribution in [0.5, 0.6) is 0 Å². The number of carbonyl (C=O) groups is 2. The number of aromatic nitrogens is 3. The maximum absolute atomic E-state index is 12.3. The number of hydrogen-bond acceptors (Lipinski definition) is 5. The summed E-state index contributed by atoms with van der Waals surface area (Å²) in [7, 11) is 0. The number of amides is 2. The standard InChI is InChI=1S/C20H27N5O2S/c1-2-25-17(13-18(26)21-15-9-5-3-6-10-15)23-24-20(25)28-14-19(27)22-16-11-7-4-8-12-16/h3,5-6,9-10,16H,2,4,7-8,11-14H2,1H3,(H,21,26)(H,22,27). The molecule has 0 bridgehead atoms. The second-order valence-corrected chi connectivity index (χ2v) is 7.87. The predicted octanol–water partition coefficient (Wildman–Crippen LogP) is 3.02. The van der Waals surface area contributed by atoms with Gasteiger partial charge in [-0.05, 0) is 31.9 Å². The first-order chi connectivity index (χ1) is 13.7. The van der Waals surface area contributed by atoms with Crippen molar-refractivity contribution in [3.63, 3.8) is 0 Å². The molecule has 1 fully saturated rings. The summed E-state index contributed by atoms with van der Waals surface area (Å²) < 4.78 is 1.89. The van der Waals surface area contributed by atoms with Crippen LogP contribution in [0.1, 0.15) is 44.9 Å². The van der Waals surface area contributed by atoms with Crippen LogP contribution in [0.15, 0.2) is 35.5 Å². The number of carbonyl (C=O) groups excluding carboxylic acids is 2. The third kappa shape index (κ3) is 5.82. The second kappa shape index (κ2) is 10.3. The Labute approximate surface area is 169 Å². The van der Waals surface area contributed by atoms with Crippen molar-refractivity contribution in [1.29, 1.82) is 0 Å². The molecule has 1 aliphatic rings. The average molecular weight is 402 g/mol. The van der Waals surface area contributed by atoms with Gasteiger partial charge in [-0.25, -0.2) is 0 Å². The number of rotatable bonds is 8. The molecule has 2 aromatic rings. The van der Waals surface area contributed by atoms with Crippen LogP contribution >= 0.6 is 11.8 Å². The monoisotopic (exact) mass is 401 g/mol. The van der Waals surface area contributed by atoms with Gasteiger partial charge in [0.25, 0.3) is 0 Å². The molecule has 1 aromatic heterocycles. The maximum Gasteiger partial charge on any atom is 0.232 e. The summed E-state index contributed by atoms with van der Waals surface area (Å²) in [5, 5.41) is 15.0. The Morgan fingerprint density at radius 1 is 1.11 bits per heavy atom. The van der Waals surface area contributed by atoms with Gasteiger partial charge in [-0.3, -0.25) is 9.59 Å². The molecular formula is C20H27N5O2S. The first-order valence-corrected chi connectivity index (χ1v) is 10.8. The topological polar surface area (TPSA) is 88.9 Å². The third-order valence-electron chi connectivity index (χ3n) is 4.79. The van der Waals surface area contributed by atoms with Crippen molar-refractivity contribution in [2.45, 2.75) is 63.2 Å². The molecule has 0 spiro atoms. The Kier molecular flexibility index (Phi) is 7.47. The van der Waals surface area contributed by atoms with E-state index in [0.717, 1.165) is 18.5 Å². The molecule has 0 unspecified atom stereocenters. The van der Waals surface area contributed by atoms with Crippen LogP contribution in [-0.2, 0) is 22.6 Å². The molecule has 1 heterocycles. The summed E-state index contributed by atoms with van der Waals surface area (Å²) in [6, 6.07) is 9.64. The van der Waals surface area contributed by atoms with Gasteiger partial charge in [0.15, 0.2) is 5.16 Å². The lowest BCUT2D eigenvalue weighted by Crippen LogP contribution is -2.37. The lowest BCUT2D eigenvalue weighted by atomic mass is 9.95. The largest absolute Gasteiger partial charge is 0.353 e. The fourth-order valence-corrected chi connectivity index (χ4v) is 4.22. The van der Waals surface area contributed by atoms with E-state index in [0.29, 0.717) is 29.3 Å². The average Bonchev–Trinajstić information content (AvgIpc) is 3.09. The molecule has 1 saturated carbocycles. The molecule has 0 aliphatic heterocycles. The summed E-state index contributed by atoms with van der Waals surface area (Å²) in [4.78, 5) is 24.5. The number of hydrogen-bond donors (Lipinski definition) is 2. The highest BCUT2D eigenvalue weighted by Crippen LogP contribution is 2.20. The number of anilines is 1. The number of para-hydroxylation sites is 1. The lowest BCUT2D eigenvalue weighted by molar-refractivity contribution is -0.119. The van der Waals surface area contributed by atoms with E-state index in [-0.39, 0.29) is 18.2 Å². The van der Waals surface area contributed by atoms with Crippen molar-refractivity contribution in [2.75, 3.05) is 11.1 Å². The van der Waals surface area contributed by atoms with Gasteiger partial charge in [-0.2, -0.15) is 0 Å². The number of thioether (sulfide) groups is 1. The molecule has 150 valence electrons. The van der Waals surface area contributed by atoms with E-state index in [4.69, 9.17) is 0 Å². The van der Waals surface area contributed by atoms with Gasteiger partial charge in [0, 0.05) is 18.3 Å². The maximum atomic E-state index is 12.3. The number of nitrogens with one attached hydrogen (secondary N) is 2. The summed E-state index contributed by atoms with van der Waals surface area (Å²) in [5.74, 6) is 0.808. The molecule has 7 nitrogen and oxygen atoms in total. The van der Waals surface area contributed by atoms with Crippen LogP contribution in [-0.4, -0.2) is 38.4 Å². The second-order valence-electron chi connectivity index (χ2n) is 6.93. The van der Waals surface area contributed by atoms with Gasteiger partial charge in [-0.15, -0.1) is 10.2 Å². The highest BCUT2D eigenvalue weighted by atomic mass is 32.2. The molecule has 0 atom stereocenters. The van der Waals surface area contributed by atoms with E-state index in [1.165, 1.54) is 31.0 Å². The van der Waals surface area contributed by atoms with Gasteiger partial charge in [0.1, 0.15) is 5.82 Å². The molecule has 28 heavy (non-hydrogen) atoms. The van der Waals surface area contributed by atoms with Crippen LogP contribution in [0.25, 0.3) is 0 Å². The zero-order valence-corrected chi connectivity index (χ0v) is 17.0. The highest BCUT2D eigenvalue weighted by molar-refractivity contribution is 7.99. The molecular weight excluding hydrogens is 374 g/mol. The summed E-state index contributed by atoms with van der Waals surface area (Å²) in [6.07, 6.45) is 5.93. The molecule has 3 rings (SSSR count).